The summed E-state index contributed by atoms with van der Waals surface area (Å²) in [6.45, 7) is 2.54. The van der Waals surface area contributed by atoms with Crippen molar-refractivity contribution in [1.29, 1.82) is 0 Å². The molecule has 1 heterocycles. The van der Waals surface area contributed by atoms with Gasteiger partial charge in [0.05, 0.1) is 6.04 Å². The minimum atomic E-state index is -0.258. The molecule has 2 atom stereocenters. The normalized spacial score (nSPS) is 13.9. The highest BCUT2D eigenvalue weighted by atomic mass is 16.5. The Hall–Kier alpha value is -1.95. The van der Waals surface area contributed by atoms with Gasteiger partial charge in [-0.15, -0.1) is 0 Å². The highest BCUT2D eigenvalue weighted by Gasteiger charge is 2.26. The van der Waals surface area contributed by atoms with Crippen LogP contribution in [0.3, 0.4) is 0 Å². The largest absolute Gasteiger partial charge is 0.383 e. The Balaban J connectivity index is 2.38. The van der Waals surface area contributed by atoms with Gasteiger partial charge in [0, 0.05) is 18.4 Å². The van der Waals surface area contributed by atoms with Crippen LogP contribution in [0.1, 0.15) is 30.2 Å². The number of hydrogen-bond acceptors (Lipinski definition) is 5. The number of rotatable bonds is 6. The number of nitrogens with zero attached hydrogens (tertiary/aromatic N) is 1. The average Bonchev–Trinajstić information content (AvgIpc) is 2.50. The summed E-state index contributed by atoms with van der Waals surface area (Å²) in [6.07, 6.45) is 1.43. The zero-order valence-corrected chi connectivity index (χ0v) is 11.5. The molecule has 0 fully saturated rings. The molecule has 5 nitrogen and oxygen atoms in total. The van der Waals surface area contributed by atoms with E-state index in [0.29, 0.717) is 12.4 Å². The molecule has 0 spiro atoms. The van der Waals surface area contributed by atoms with Crippen molar-refractivity contribution in [2.75, 3.05) is 12.3 Å². The fraction of sp³-hybridized carbons (Fsp3) is 0.267. The number of anilines is 1. The van der Waals surface area contributed by atoms with Crippen molar-refractivity contribution in [3.05, 3.63) is 59.8 Å². The number of pyridine rings is 1. The molecule has 0 aliphatic carbocycles. The van der Waals surface area contributed by atoms with E-state index in [1.165, 1.54) is 0 Å². The second-order valence-corrected chi connectivity index (χ2v) is 4.41. The van der Waals surface area contributed by atoms with E-state index in [4.69, 9.17) is 16.3 Å². The summed E-state index contributed by atoms with van der Waals surface area (Å²) in [5.41, 5.74) is 10.6. The van der Waals surface area contributed by atoms with Crippen LogP contribution >= 0.6 is 0 Å². The average molecular weight is 272 g/mol. The second kappa shape index (κ2) is 7.00. The minimum Gasteiger partial charge on any atom is -0.383 e. The Morgan fingerprint density at radius 1 is 1.20 bits per heavy atom. The van der Waals surface area contributed by atoms with Crippen molar-refractivity contribution >= 4 is 5.82 Å². The van der Waals surface area contributed by atoms with Crippen molar-refractivity contribution in [2.24, 2.45) is 5.84 Å². The van der Waals surface area contributed by atoms with Crippen LogP contribution in [0.25, 0.3) is 0 Å². The van der Waals surface area contributed by atoms with Crippen LogP contribution in [0.5, 0.6) is 0 Å². The first-order valence-corrected chi connectivity index (χ1v) is 6.61. The summed E-state index contributed by atoms with van der Waals surface area (Å²) in [4.78, 5) is 4.11. The highest BCUT2D eigenvalue weighted by molar-refractivity contribution is 5.42. The van der Waals surface area contributed by atoms with Crippen molar-refractivity contribution in [3.8, 4) is 0 Å². The fourth-order valence-electron chi connectivity index (χ4n) is 2.24. The van der Waals surface area contributed by atoms with Gasteiger partial charge in [-0.1, -0.05) is 36.4 Å². The number of nitrogens with one attached hydrogen (secondary N) is 1. The molecule has 1 aromatic carbocycles. The number of aromatic nitrogens is 1. The molecule has 2 rings (SSSR count). The Morgan fingerprint density at radius 2 is 1.95 bits per heavy atom. The van der Waals surface area contributed by atoms with Crippen LogP contribution in [-0.2, 0) is 4.74 Å². The smallest absolute Gasteiger partial charge is 0.128 e. The minimum absolute atomic E-state index is 0.224. The van der Waals surface area contributed by atoms with Crippen LogP contribution in [-0.4, -0.2) is 11.6 Å². The molecule has 1 aromatic heterocycles. The van der Waals surface area contributed by atoms with Gasteiger partial charge in [0.1, 0.15) is 11.9 Å². The molecule has 106 valence electrons. The van der Waals surface area contributed by atoms with Crippen LogP contribution in [0.4, 0.5) is 5.82 Å². The van der Waals surface area contributed by atoms with E-state index in [9.17, 15) is 0 Å². The van der Waals surface area contributed by atoms with Crippen molar-refractivity contribution < 1.29 is 4.74 Å². The molecule has 0 saturated carbocycles. The van der Waals surface area contributed by atoms with Gasteiger partial charge in [0.15, 0.2) is 0 Å². The Morgan fingerprint density at radius 3 is 2.55 bits per heavy atom. The van der Waals surface area contributed by atoms with E-state index in [-0.39, 0.29) is 12.1 Å². The quantitative estimate of drug-likeness (QED) is 0.552. The predicted molar refractivity (Wildman–Crippen MR) is 79.5 cm³/mol. The molecule has 0 aliphatic rings. The first-order chi connectivity index (χ1) is 9.77. The molecule has 2 unspecified atom stereocenters. The molecule has 0 aliphatic heterocycles. The number of nitrogen functional groups attached to an aromatic ring is 1. The molecule has 0 amide bonds. The monoisotopic (exact) mass is 272 g/mol. The summed E-state index contributed by atoms with van der Waals surface area (Å²) >= 11 is 0. The number of hydrogen-bond donors (Lipinski definition) is 3. The zero-order valence-electron chi connectivity index (χ0n) is 11.5. The zero-order chi connectivity index (χ0) is 14.4. The van der Waals surface area contributed by atoms with E-state index < -0.39 is 0 Å². The third kappa shape index (κ3) is 3.14. The second-order valence-electron chi connectivity index (χ2n) is 4.41. The maximum absolute atomic E-state index is 5.95. The summed E-state index contributed by atoms with van der Waals surface area (Å²) in [6, 6.07) is 13.4. The molecular weight excluding hydrogens is 252 g/mol. The predicted octanol–water partition coefficient (Wildman–Crippen LogP) is 1.95. The van der Waals surface area contributed by atoms with Gasteiger partial charge in [0.25, 0.3) is 0 Å². The highest BCUT2D eigenvalue weighted by Crippen LogP contribution is 2.33. The number of hydrazine groups is 1. The molecule has 20 heavy (non-hydrogen) atoms. The molecule has 5 heteroatoms. The molecule has 2 aromatic rings. The summed E-state index contributed by atoms with van der Waals surface area (Å²) in [5, 5.41) is 0. The van der Waals surface area contributed by atoms with Crippen molar-refractivity contribution in [1.82, 2.24) is 10.4 Å². The van der Waals surface area contributed by atoms with Gasteiger partial charge in [-0.3, -0.25) is 5.84 Å². The maximum atomic E-state index is 5.95. The topological polar surface area (TPSA) is 86.2 Å². The van der Waals surface area contributed by atoms with Crippen molar-refractivity contribution in [3.63, 3.8) is 0 Å². The standard InChI is InChI=1S/C15H20N4O/c1-2-20-14(11-7-4-3-5-8-11)13(19-17)12-9-6-10-18-15(12)16/h3-10,13-14,19H,2,17H2,1H3,(H2,16,18). The van der Waals surface area contributed by atoms with Crippen LogP contribution in [0, 0.1) is 0 Å². The summed E-state index contributed by atoms with van der Waals surface area (Å²) in [5.74, 6) is 6.18. The van der Waals surface area contributed by atoms with Gasteiger partial charge in [0.2, 0.25) is 0 Å². The van der Waals surface area contributed by atoms with Crippen LogP contribution in [0.15, 0.2) is 48.7 Å². The number of nitrogens with two attached hydrogens (primary N) is 2. The molecule has 5 N–H and O–H groups in total. The third-order valence-corrected chi connectivity index (χ3v) is 3.16. The summed E-state index contributed by atoms with van der Waals surface area (Å²) < 4.78 is 5.86. The molecular formula is C15H20N4O. The van der Waals surface area contributed by atoms with E-state index in [1.807, 2.05) is 49.4 Å². The lowest BCUT2D eigenvalue weighted by Gasteiger charge is -2.27. The van der Waals surface area contributed by atoms with Gasteiger partial charge in [-0.2, -0.15) is 0 Å². The Labute approximate surface area is 118 Å². The lowest BCUT2D eigenvalue weighted by Crippen LogP contribution is -2.34. The van der Waals surface area contributed by atoms with Crippen molar-refractivity contribution in [2.45, 2.75) is 19.1 Å². The molecule has 0 saturated heterocycles. The van der Waals surface area contributed by atoms with Crippen LogP contribution < -0.4 is 17.0 Å². The molecule has 0 radical (unpaired) electrons. The lowest BCUT2D eigenvalue weighted by atomic mass is 9.96. The van der Waals surface area contributed by atoms with Gasteiger partial charge >= 0.3 is 0 Å². The van der Waals surface area contributed by atoms with E-state index in [0.717, 1.165) is 11.1 Å². The Kier molecular flexibility index (Phi) is 5.06. The van der Waals surface area contributed by atoms with Gasteiger partial charge in [-0.25, -0.2) is 10.4 Å². The summed E-state index contributed by atoms with van der Waals surface area (Å²) in [7, 11) is 0. The van der Waals surface area contributed by atoms with E-state index >= 15 is 0 Å². The van der Waals surface area contributed by atoms with Gasteiger partial charge < -0.3 is 10.5 Å². The maximum Gasteiger partial charge on any atom is 0.128 e. The first-order valence-electron chi connectivity index (χ1n) is 6.61. The van der Waals surface area contributed by atoms with E-state index in [1.54, 1.807) is 6.20 Å². The third-order valence-electron chi connectivity index (χ3n) is 3.16. The number of benzene rings is 1. The number of ether oxygens (including phenoxy) is 1. The van der Waals surface area contributed by atoms with E-state index in [2.05, 4.69) is 10.4 Å². The SMILES string of the molecule is CCOC(c1ccccc1)C(NN)c1cccnc1N. The molecule has 0 bridgehead atoms. The Bertz CT molecular complexity index is 532. The fourth-order valence-corrected chi connectivity index (χ4v) is 2.24. The lowest BCUT2D eigenvalue weighted by molar-refractivity contribution is 0.0328. The first kappa shape index (κ1) is 14.5. The van der Waals surface area contributed by atoms with Gasteiger partial charge in [-0.05, 0) is 18.6 Å². The van der Waals surface area contributed by atoms with Crippen LogP contribution in [0.2, 0.25) is 0 Å².